The van der Waals surface area contributed by atoms with Crippen LogP contribution in [0.1, 0.15) is 52.2 Å². The molecule has 0 atom stereocenters. The molecule has 1 aliphatic carbocycles. The van der Waals surface area contributed by atoms with Crippen LogP contribution in [0.25, 0.3) is 0 Å². The topological polar surface area (TPSA) is 87.7 Å². The number of ether oxygens (including phenoxy) is 1. The van der Waals surface area contributed by atoms with Crippen LogP contribution in [-0.2, 0) is 22.4 Å². The van der Waals surface area contributed by atoms with Crippen LogP contribution in [0.2, 0.25) is 0 Å². The van der Waals surface area contributed by atoms with E-state index in [0.717, 1.165) is 25.7 Å². The Morgan fingerprint density at radius 2 is 1.87 bits per heavy atom. The Kier molecular flexibility index (Phi) is 6.32. The Hall–Kier alpha value is -2.87. The minimum Gasteiger partial charge on any atom is -0.482 e. The lowest BCUT2D eigenvalue weighted by Gasteiger charge is -2.29. The number of benzene rings is 1. The van der Waals surface area contributed by atoms with Crippen LogP contribution < -0.4 is 20.5 Å². The first-order chi connectivity index (χ1) is 14.6. The summed E-state index contributed by atoms with van der Waals surface area (Å²) < 4.78 is 5.40. The summed E-state index contributed by atoms with van der Waals surface area (Å²) >= 11 is 1.52. The summed E-state index contributed by atoms with van der Waals surface area (Å²) in [6, 6.07) is 9.19. The summed E-state index contributed by atoms with van der Waals surface area (Å²) in [7, 11) is 0. The molecule has 158 valence electrons. The Bertz CT molecular complexity index is 930. The molecule has 7 nitrogen and oxygen atoms in total. The van der Waals surface area contributed by atoms with Crippen molar-refractivity contribution in [2.45, 2.75) is 44.9 Å². The van der Waals surface area contributed by atoms with Gasteiger partial charge in [0.2, 0.25) is 5.91 Å². The molecule has 1 aromatic heterocycles. The number of rotatable bonds is 4. The monoisotopic (exact) mass is 427 g/mol. The number of aryl methyl sites for hydroxylation is 2. The van der Waals surface area contributed by atoms with Crippen molar-refractivity contribution in [3.05, 3.63) is 45.6 Å². The molecule has 2 aliphatic rings. The first-order valence-electron chi connectivity index (χ1n) is 10.3. The number of hydrogen-bond donors (Lipinski definition) is 2. The van der Waals surface area contributed by atoms with E-state index in [0.29, 0.717) is 16.3 Å². The van der Waals surface area contributed by atoms with Crippen molar-refractivity contribution in [3.63, 3.8) is 0 Å². The second-order valence-corrected chi connectivity index (χ2v) is 8.66. The Balaban J connectivity index is 1.29. The molecule has 0 saturated carbocycles. The third-order valence-electron chi connectivity index (χ3n) is 5.41. The molecule has 8 heteroatoms. The van der Waals surface area contributed by atoms with Gasteiger partial charge >= 0.3 is 0 Å². The van der Waals surface area contributed by atoms with E-state index in [1.807, 2.05) is 18.2 Å². The molecule has 4 rings (SSSR count). The largest absolute Gasteiger partial charge is 0.482 e. The van der Waals surface area contributed by atoms with Crippen molar-refractivity contribution in [1.29, 1.82) is 0 Å². The van der Waals surface area contributed by atoms with Gasteiger partial charge < -0.3 is 9.64 Å². The van der Waals surface area contributed by atoms with Crippen LogP contribution in [0.15, 0.2) is 30.3 Å². The van der Waals surface area contributed by atoms with E-state index in [9.17, 15) is 14.4 Å². The quantitative estimate of drug-likeness (QED) is 0.735. The van der Waals surface area contributed by atoms with Crippen LogP contribution in [0, 0.1) is 0 Å². The molecule has 2 heterocycles. The molecule has 0 radical (unpaired) electrons. The van der Waals surface area contributed by atoms with Crippen LogP contribution in [0.5, 0.6) is 5.75 Å². The summed E-state index contributed by atoms with van der Waals surface area (Å²) in [5.41, 5.74) is 6.88. The van der Waals surface area contributed by atoms with Gasteiger partial charge in [-0.05, 0) is 49.4 Å². The molecular formula is C22H25N3O4S. The molecule has 30 heavy (non-hydrogen) atoms. The number of hydrazine groups is 1. The summed E-state index contributed by atoms with van der Waals surface area (Å²) in [6.07, 6.45) is 6.91. The van der Waals surface area contributed by atoms with E-state index in [1.54, 1.807) is 17.0 Å². The number of nitrogens with zero attached hydrogens (tertiary/aromatic N) is 1. The van der Waals surface area contributed by atoms with Crippen LogP contribution >= 0.6 is 11.3 Å². The molecule has 3 amide bonds. The SMILES string of the molecule is O=C(CCN1C(=O)COc2ccccc21)NNC(=O)c1cc2c(s1)CCCCCC2. The maximum Gasteiger partial charge on any atom is 0.279 e. The number of nitrogens with one attached hydrogen (secondary N) is 2. The van der Waals surface area contributed by atoms with Crippen molar-refractivity contribution in [3.8, 4) is 5.75 Å². The maximum absolute atomic E-state index is 12.5. The second kappa shape index (κ2) is 9.30. The first-order valence-corrected chi connectivity index (χ1v) is 11.2. The third kappa shape index (κ3) is 4.64. The van der Waals surface area contributed by atoms with Gasteiger partial charge in [-0.3, -0.25) is 25.2 Å². The third-order valence-corrected chi connectivity index (χ3v) is 6.64. The number of carbonyl (C=O) groups excluding carboxylic acids is 3. The fourth-order valence-electron chi connectivity index (χ4n) is 3.82. The fraction of sp³-hybridized carbons (Fsp3) is 0.409. The van der Waals surface area contributed by atoms with E-state index < -0.39 is 0 Å². The van der Waals surface area contributed by atoms with Crippen molar-refractivity contribution < 1.29 is 19.1 Å². The Morgan fingerprint density at radius 1 is 1.07 bits per heavy atom. The Labute approximate surface area is 179 Å². The van der Waals surface area contributed by atoms with Gasteiger partial charge in [0.1, 0.15) is 5.75 Å². The van der Waals surface area contributed by atoms with E-state index >= 15 is 0 Å². The van der Waals surface area contributed by atoms with Crippen molar-refractivity contribution in [1.82, 2.24) is 10.9 Å². The van der Waals surface area contributed by atoms with Crippen LogP contribution in [0.4, 0.5) is 5.69 Å². The summed E-state index contributed by atoms with van der Waals surface area (Å²) in [5.74, 6) is -0.219. The number of hydrogen-bond acceptors (Lipinski definition) is 5. The number of thiophene rings is 1. The molecule has 2 N–H and O–H groups in total. The highest BCUT2D eigenvalue weighted by atomic mass is 32.1. The summed E-state index contributed by atoms with van der Waals surface area (Å²) in [5, 5.41) is 0. The van der Waals surface area contributed by atoms with Gasteiger partial charge in [0.15, 0.2) is 6.61 Å². The molecule has 1 aliphatic heterocycles. The first kappa shape index (κ1) is 20.4. The van der Waals surface area contributed by atoms with Gasteiger partial charge in [-0.1, -0.05) is 25.0 Å². The summed E-state index contributed by atoms with van der Waals surface area (Å²) in [6.45, 7) is 0.173. The average molecular weight is 428 g/mol. The maximum atomic E-state index is 12.5. The smallest absolute Gasteiger partial charge is 0.279 e. The van der Waals surface area contributed by atoms with Gasteiger partial charge in [-0.2, -0.15) is 0 Å². The molecule has 0 saturated heterocycles. The zero-order valence-corrected chi connectivity index (χ0v) is 17.6. The highest BCUT2D eigenvalue weighted by Gasteiger charge is 2.25. The van der Waals surface area contributed by atoms with Gasteiger partial charge in [0, 0.05) is 17.8 Å². The van der Waals surface area contributed by atoms with E-state index in [1.165, 1.54) is 34.6 Å². The molecule has 0 fully saturated rings. The van der Waals surface area contributed by atoms with Crippen LogP contribution in [-0.4, -0.2) is 30.9 Å². The van der Waals surface area contributed by atoms with Crippen molar-refractivity contribution in [2.75, 3.05) is 18.1 Å². The second-order valence-electron chi connectivity index (χ2n) is 7.53. The van der Waals surface area contributed by atoms with Crippen molar-refractivity contribution in [2.24, 2.45) is 0 Å². The molecule has 0 bridgehead atoms. The summed E-state index contributed by atoms with van der Waals surface area (Å²) in [4.78, 5) is 40.3. The average Bonchev–Trinajstić information content (AvgIpc) is 3.13. The van der Waals surface area contributed by atoms with Crippen LogP contribution in [0.3, 0.4) is 0 Å². The van der Waals surface area contributed by atoms with Gasteiger partial charge in [-0.15, -0.1) is 11.3 Å². The van der Waals surface area contributed by atoms with E-state index in [4.69, 9.17) is 4.74 Å². The van der Waals surface area contributed by atoms with E-state index in [-0.39, 0.29) is 37.3 Å². The highest BCUT2D eigenvalue weighted by molar-refractivity contribution is 7.14. The number of anilines is 1. The lowest BCUT2D eigenvalue weighted by Crippen LogP contribution is -2.44. The number of para-hydroxylation sites is 2. The fourth-order valence-corrected chi connectivity index (χ4v) is 4.97. The normalized spacial score (nSPS) is 15.9. The highest BCUT2D eigenvalue weighted by Crippen LogP contribution is 2.31. The standard InChI is InChI=1S/C22H25N3O4S/c26-20(11-12-25-16-8-5-6-9-17(16)29-14-21(25)27)23-24-22(28)19-13-15-7-3-1-2-4-10-18(15)30-19/h5-6,8-9,13H,1-4,7,10-12,14H2,(H,23,26)(H,24,28). The van der Waals surface area contributed by atoms with Gasteiger partial charge in [0.05, 0.1) is 10.6 Å². The zero-order valence-electron chi connectivity index (χ0n) is 16.7. The lowest BCUT2D eigenvalue weighted by molar-refractivity contribution is -0.122. The number of fused-ring (bicyclic) bond motifs is 2. The molecule has 2 aromatic rings. The van der Waals surface area contributed by atoms with E-state index in [2.05, 4.69) is 10.9 Å². The minimum absolute atomic E-state index is 0.0432. The molecule has 1 aromatic carbocycles. The Morgan fingerprint density at radius 3 is 2.73 bits per heavy atom. The predicted molar refractivity (Wildman–Crippen MR) is 115 cm³/mol. The number of amides is 3. The number of carbonyl (C=O) groups is 3. The van der Waals surface area contributed by atoms with Crippen molar-refractivity contribution >= 4 is 34.7 Å². The lowest BCUT2D eigenvalue weighted by atomic mass is 10.00. The molecular weight excluding hydrogens is 402 g/mol. The predicted octanol–water partition coefficient (Wildman–Crippen LogP) is 2.98. The zero-order chi connectivity index (χ0) is 20.9. The van der Waals surface area contributed by atoms with Gasteiger partial charge in [-0.25, -0.2) is 0 Å². The molecule has 0 unspecified atom stereocenters. The van der Waals surface area contributed by atoms with Gasteiger partial charge in [0.25, 0.3) is 11.8 Å². The molecule has 0 spiro atoms. The minimum atomic E-state index is -0.352.